The van der Waals surface area contributed by atoms with Crippen LogP contribution in [0.15, 0.2) is 41.2 Å². The number of benzene rings is 1. The van der Waals surface area contributed by atoms with Crippen LogP contribution in [-0.2, 0) is 12.0 Å². The van der Waals surface area contributed by atoms with Crippen molar-refractivity contribution in [3.05, 3.63) is 59.0 Å². The van der Waals surface area contributed by atoms with E-state index in [1.807, 2.05) is 19.1 Å². The molecule has 2 heteroatoms. The Balaban J connectivity index is 2.27. The van der Waals surface area contributed by atoms with Crippen molar-refractivity contribution in [2.45, 2.75) is 32.8 Å². The molecule has 2 rings (SSSR count). The first-order valence-electron chi connectivity index (χ1n) is 5.80. The fraction of sp³-hybridized carbons (Fsp3) is 0.333. The maximum atomic E-state index is 10.5. The van der Waals surface area contributed by atoms with Crippen LogP contribution < -0.4 is 0 Å². The molecule has 1 aromatic heterocycles. The standard InChI is InChI=1S/C15H18O2/c1-11-4-5-14(8-12(11)2)15(3,16)9-13-6-7-17-10-13/h4-8,10,16H,9H2,1-3H3. The third kappa shape index (κ3) is 2.59. The molecule has 1 atom stereocenters. The molecule has 0 aliphatic rings. The molecular weight excluding hydrogens is 212 g/mol. The molecular formula is C15H18O2. The topological polar surface area (TPSA) is 33.4 Å². The second-order valence-corrected chi connectivity index (χ2v) is 4.88. The van der Waals surface area contributed by atoms with Gasteiger partial charge in [0.2, 0.25) is 0 Å². The number of hydrogen-bond acceptors (Lipinski definition) is 2. The third-order valence-corrected chi connectivity index (χ3v) is 3.26. The molecule has 0 bridgehead atoms. The Labute approximate surface area is 102 Å². The molecule has 1 unspecified atom stereocenters. The van der Waals surface area contributed by atoms with Gasteiger partial charge in [-0.1, -0.05) is 18.2 Å². The minimum atomic E-state index is -0.859. The van der Waals surface area contributed by atoms with Crippen LogP contribution in [0, 0.1) is 13.8 Å². The monoisotopic (exact) mass is 230 g/mol. The Hall–Kier alpha value is -1.54. The quantitative estimate of drug-likeness (QED) is 0.877. The smallest absolute Gasteiger partial charge is 0.0935 e. The fourth-order valence-corrected chi connectivity index (χ4v) is 1.97. The Bertz CT molecular complexity index is 496. The number of hydrogen-bond donors (Lipinski definition) is 1. The van der Waals surface area contributed by atoms with Crippen LogP contribution in [0.5, 0.6) is 0 Å². The first-order valence-corrected chi connectivity index (χ1v) is 5.80. The predicted octanol–water partition coefficient (Wildman–Crippen LogP) is 3.35. The van der Waals surface area contributed by atoms with Crippen LogP contribution in [0.2, 0.25) is 0 Å². The molecule has 0 saturated carbocycles. The number of furan rings is 1. The van der Waals surface area contributed by atoms with Gasteiger partial charge in [-0.05, 0) is 49.1 Å². The van der Waals surface area contributed by atoms with Gasteiger partial charge in [0.15, 0.2) is 0 Å². The van der Waals surface area contributed by atoms with Crippen molar-refractivity contribution in [1.82, 2.24) is 0 Å². The highest BCUT2D eigenvalue weighted by molar-refractivity contribution is 5.33. The highest BCUT2D eigenvalue weighted by atomic mass is 16.3. The zero-order valence-corrected chi connectivity index (χ0v) is 10.5. The lowest BCUT2D eigenvalue weighted by atomic mass is 9.88. The van der Waals surface area contributed by atoms with Gasteiger partial charge < -0.3 is 9.52 Å². The van der Waals surface area contributed by atoms with E-state index in [4.69, 9.17) is 4.42 Å². The van der Waals surface area contributed by atoms with Crippen LogP contribution in [0.4, 0.5) is 0 Å². The molecule has 0 radical (unpaired) electrons. The first-order chi connectivity index (χ1) is 7.99. The van der Waals surface area contributed by atoms with Gasteiger partial charge in [0.25, 0.3) is 0 Å². The second-order valence-electron chi connectivity index (χ2n) is 4.88. The molecule has 0 aliphatic carbocycles. The van der Waals surface area contributed by atoms with E-state index < -0.39 is 5.60 Å². The average Bonchev–Trinajstić information content (AvgIpc) is 2.73. The predicted molar refractivity (Wildman–Crippen MR) is 67.9 cm³/mol. The first kappa shape index (κ1) is 11.9. The molecule has 1 N–H and O–H groups in total. The second kappa shape index (κ2) is 4.38. The molecule has 90 valence electrons. The van der Waals surface area contributed by atoms with Crippen molar-refractivity contribution in [2.24, 2.45) is 0 Å². The van der Waals surface area contributed by atoms with Crippen molar-refractivity contribution in [3.8, 4) is 0 Å². The Morgan fingerprint density at radius 3 is 2.53 bits per heavy atom. The maximum absolute atomic E-state index is 10.5. The summed E-state index contributed by atoms with van der Waals surface area (Å²) in [6, 6.07) is 7.97. The van der Waals surface area contributed by atoms with Gasteiger partial charge >= 0.3 is 0 Å². The van der Waals surface area contributed by atoms with Crippen molar-refractivity contribution >= 4 is 0 Å². The summed E-state index contributed by atoms with van der Waals surface area (Å²) < 4.78 is 5.03. The normalized spacial score (nSPS) is 14.6. The van der Waals surface area contributed by atoms with E-state index >= 15 is 0 Å². The highest BCUT2D eigenvalue weighted by Gasteiger charge is 2.24. The van der Waals surface area contributed by atoms with Crippen LogP contribution in [0.3, 0.4) is 0 Å². The van der Waals surface area contributed by atoms with E-state index in [-0.39, 0.29) is 0 Å². The van der Waals surface area contributed by atoms with Crippen molar-refractivity contribution in [1.29, 1.82) is 0 Å². The highest BCUT2D eigenvalue weighted by Crippen LogP contribution is 2.27. The third-order valence-electron chi connectivity index (χ3n) is 3.26. The fourth-order valence-electron chi connectivity index (χ4n) is 1.97. The number of rotatable bonds is 3. The lowest BCUT2D eigenvalue weighted by Gasteiger charge is -2.24. The zero-order chi connectivity index (χ0) is 12.5. The van der Waals surface area contributed by atoms with Crippen LogP contribution in [0.1, 0.15) is 29.2 Å². The van der Waals surface area contributed by atoms with Crippen LogP contribution in [0.25, 0.3) is 0 Å². The molecule has 0 saturated heterocycles. The lowest BCUT2D eigenvalue weighted by molar-refractivity contribution is 0.0574. The van der Waals surface area contributed by atoms with Crippen molar-refractivity contribution in [2.75, 3.05) is 0 Å². The summed E-state index contributed by atoms with van der Waals surface area (Å²) >= 11 is 0. The summed E-state index contributed by atoms with van der Waals surface area (Å²) in [5.41, 5.74) is 3.54. The Morgan fingerprint density at radius 2 is 1.94 bits per heavy atom. The minimum Gasteiger partial charge on any atom is -0.472 e. The van der Waals surface area contributed by atoms with Gasteiger partial charge in [-0.3, -0.25) is 0 Å². The van der Waals surface area contributed by atoms with Crippen LogP contribution in [-0.4, -0.2) is 5.11 Å². The largest absolute Gasteiger partial charge is 0.472 e. The van der Waals surface area contributed by atoms with Gasteiger partial charge in [-0.15, -0.1) is 0 Å². The van der Waals surface area contributed by atoms with Gasteiger partial charge in [0, 0.05) is 6.42 Å². The minimum absolute atomic E-state index is 0.562. The lowest BCUT2D eigenvalue weighted by Crippen LogP contribution is -2.24. The molecule has 0 aliphatic heterocycles. The maximum Gasteiger partial charge on any atom is 0.0935 e. The zero-order valence-electron chi connectivity index (χ0n) is 10.5. The van der Waals surface area contributed by atoms with E-state index in [1.165, 1.54) is 11.1 Å². The molecule has 0 spiro atoms. The van der Waals surface area contributed by atoms with Crippen LogP contribution >= 0.6 is 0 Å². The van der Waals surface area contributed by atoms with E-state index in [9.17, 15) is 5.11 Å². The number of aliphatic hydroxyl groups is 1. The molecule has 1 heterocycles. The summed E-state index contributed by atoms with van der Waals surface area (Å²) in [5.74, 6) is 0. The van der Waals surface area contributed by atoms with E-state index in [0.29, 0.717) is 6.42 Å². The SMILES string of the molecule is Cc1ccc(C(C)(O)Cc2ccoc2)cc1C. The summed E-state index contributed by atoms with van der Waals surface area (Å²) in [7, 11) is 0. The Kier molecular flexibility index (Phi) is 3.07. The summed E-state index contributed by atoms with van der Waals surface area (Å²) in [4.78, 5) is 0. The Morgan fingerprint density at radius 1 is 1.18 bits per heavy atom. The summed E-state index contributed by atoms with van der Waals surface area (Å²) in [6.07, 6.45) is 3.87. The van der Waals surface area contributed by atoms with Gasteiger partial charge in [0.1, 0.15) is 0 Å². The van der Waals surface area contributed by atoms with E-state index in [2.05, 4.69) is 26.0 Å². The molecule has 17 heavy (non-hydrogen) atoms. The van der Waals surface area contributed by atoms with Gasteiger partial charge in [-0.2, -0.15) is 0 Å². The van der Waals surface area contributed by atoms with Crippen molar-refractivity contribution < 1.29 is 9.52 Å². The summed E-state index contributed by atoms with van der Waals surface area (Å²) in [6.45, 7) is 5.97. The molecule has 0 fully saturated rings. The van der Waals surface area contributed by atoms with Gasteiger partial charge in [0.05, 0.1) is 18.1 Å². The molecule has 0 amide bonds. The van der Waals surface area contributed by atoms with Crippen molar-refractivity contribution in [3.63, 3.8) is 0 Å². The molecule has 2 aromatic rings. The van der Waals surface area contributed by atoms with E-state index in [0.717, 1.165) is 11.1 Å². The van der Waals surface area contributed by atoms with E-state index in [1.54, 1.807) is 12.5 Å². The average molecular weight is 230 g/mol. The summed E-state index contributed by atoms with van der Waals surface area (Å²) in [5, 5.41) is 10.5. The molecule has 2 nitrogen and oxygen atoms in total. The number of aryl methyl sites for hydroxylation is 2. The molecule has 1 aromatic carbocycles. The van der Waals surface area contributed by atoms with Gasteiger partial charge in [-0.25, -0.2) is 0 Å².